The van der Waals surface area contributed by atoms with E-state index in [-0.39, 0.29) is 6.10 Å². The number of β-amino-alcohol motifs (C(OH)–C–C–N with tert-alkyl or cyclic N) is 1. The highest BCUT2D eigenvalue weighted by Crippen LogP contribution is 2.22. The predicted molar refractivity (Wildman–Crippen MR) is 62.5 cm³/mol. The van der Waals surface area contributed by atoms with Crippen LogP contribution >= 0.6 is 27.3 Å². The maximum absolute atomic E-state index is 9.51. The molecule has 1 aliphatic heterocycles. The molecule has 2 nitrogen and oxygen atoms in total. The summed E-state index contributed by atoms with van der Waals surface area (Å²) in [5, 5.41) is 11.7. The second kappa shape index (κ2) is 4.75. The van der Waals surface area contributed by atoms with Gasteiger partial charge in [0.05, 0.1) is 9.89 Å². The maximum Gasteiger partial charge on any atom is 0.0701 e. The smallest absolute Gasteiger partial charge is 0.0701 e. The zero-order valence-electron chi connectivity index (χ0n) is 7.95. The number of nitrogens with zero attached hydrogens (tertiary/aromatic N) is 1. The Labute approximate surface area is 96.7 Å². The van der Waals surface area contributed by atoms with E-state index < -0.39 is 0 Å². The summed E-state index contributed by atoms with van der Waals surface area (Å²) in [4.78, 5) is 2.32. The van der Waals surface area contributed by atoms with Crippen LogP contribution in [-0.2, 0) is 6.54 Å². The molecular formula is C10H14BrNOS. The highest BCUT2D eigenvalue weighted by atomic mass is 79.9. The molecule has 1 atom stereocenters. The monoisotopic (exact) mass is 275 g/mol. The van der Waals surface area contributed by atoms with Gasteiger partial charge in [0.1, 0.15) is 0 Å². The maximum atomic E-state index is 9.51. The van der Waals surface area contributed by atoms with Gasteiger partial charge < -0.3 is 5.11 Å². The van der Waals surface area contributed by atoms with Crippen molar-refractivity contribution in [3.63, 3.8) is 0 Å². The van der Waals surface area contributed by atoms with Crippen molar-refractivity contribution in [1.82, 2.24) is 4.90 Å². The fourth-order valence-corrected chi connectivity index (χ4v) is 3.06. The molecule has 0 radical (unpaired) electrons. The molecule has 0 spiro atoms. The Morgan fingerprint density at radius 1 is 1.64 bits per heavy atom. The summed E-state index contributed by atoms with van der Waals surface area (Å²) in [6.07, 6.45) is 1.96. The van der Waals surface area contributed by atoms with Crippen molar-refractivity contribution in [1.29, 1.82) is 0 Å². The molecule has 0 unspecified atom stereocenters. The van der Waals surface area contributed by atoms with Crippen LogP contribution in [0.15, 0.2) is 15.2 Å². The number of aliphatic hydroxyl groups excluding tert-OH is 1. The van der Waals surface area contributed by atoms with E-state index in [1.54, 1.807) is 11.3 Å². The summed E-state index contributed by atoms with van der Waals surface area (Å²) in [7, 11) is 0. The number of aliphatic hydroxyl groups is 1. The highest BCUT2D eigenvalue weighted by molar-refractivity contribution is 9.11. The summed E-state index contributed by atoms with van der Waals surface area (Å²) in [5.74, 6) is 0. The summed E-state index contributed by atoms with van der Waals surface area (Å²) in [5.41, 5.74) is 1.34. The molecule has 0 aliphatic carbocycles. The van der Waals surface area contributed by atoms with Crippen LogP contribution in [-0.4, -0.2) is 29.2 Å². The number of piperidine rings is 1. The van der Waals surface area contributed by atoms with E-state index in [9.17, 15) is 5.11 Å². The first-order chi connectivity index (χ1) is 6.74. The molecule has 0 amide bonds. The second-order valence-corrected chi connectivity index (χ2v) is 6.08. The van der Waals surface area contributed by atoms with Gasteiger partial charge in [0.15, 0.2) is 0 Å². The molecule has 2 rings (SSSR count). The fourth-order valence-electron chi connectivity index (χ4n) is 1.86. The summed E-state index contributed by atoms with van der Waals surface area (Å²) < 4.78 is 1.19. The van der Waals surface area contributed by atoms with E-state index in [1.807, 2.05) is 0 Å². The molecule has 14 heavy (non-hydrogen) atoms. The highest BCUT2D eigenvalue weighted by Gasteiger charge is 2.17. The van der Waals surface area contributed by atoms with E-state index >= 15 is 0 Å². The molecule has 78 valence electrons. The van der Waals surface area contributed by atoms with Crippen LogP contribution in [0.2, 0.25) is 0 Å². The lowest BCUT2D eigenvalue weighted by Crippen LogP contribution is -2.37. The minimum atomic E-state index is -0.120. The standard InChI is InChI=1S/C10H14BrNOS/c11-10-4-8(7-14-10)5-12-3-1-2-9(13)6-12/h4,7,9,13H,1-3,5-6H2/t9-/m0/s1. The van der Waals surface area contributed by atoms with Crippen LogP contribution in [0.4, 0.5) is 0 Å². The van der Waals surface area contributed by atoms with E-state index in [2.05, 4.69) is 32.3 Å². The SMILES string of the molecule is O[C@H]1CCCN(Cc2csc(Br)c2)C1. The van der Waals surface area contributed by atoms with Gasteiger partial charge in [0.2, 0.25) is 0 Å². The van der Waals surface area contributed by atoms with Gasteiger partial charge >= 0.3 is 0 Å². The Morgan fingerprint density at radius 3 is 3.14 bits per heavy atom. The first kappa shape index (κ1) is 10.6. The van der Waals surface area contributed by atoms with Gasteiger partial charge in [-0.3, -0.25) is 4.90 Å². The summed E-state index contributed by atoms with van der Waals surface area (Å²) >= 11 is 5.18. The third-order valence-electron chi connectivity index (χ3n) is 2.51. The zero-order valence-corrected chi connectivity index (χ0v) is 10.4. The number of rotatable bonds is 2. The summed E-state index contributed by atoms with van der Waals surface area (Å²) in [6.45, 7) is 2.91. The lowest BCUT2D eigenvalue weighted by molar-refractivity contribution is 0.0669. The molecule has 2 heterocycles. The van der Waals surface area contributed by atoms with Gasteiger partial charge in [-0.15, -0.1) is 11.3 Å². The Balaban J connectivity index is 1.90. The van der Waals surface area contributed by atoms with E-state index in [0.717, 1.165) is 32.5 Å². The van der Waals surface area contributed by atoms with E-state index in [0.29, 0.717) is 0 Å². The van der Waals surface area contributed by atoms with Crippen molar-refractivity contribution < 1.29 is 5.11 Å². The van der Waals surface area contributed by atoms with Gasteiger partial charge in [-0.2, -0.15) is 0 Å². The van der Waals surface area contributed by atoms with E-state index in [4.69, 9.17) is 0 Å². The molecule has 1 N–H and O–H groups in total. The fraction of sp³-hybridized carbons (Fsp3) is 0.600. The van der Waals surface area contributed by atoms with Gasteiger partial charge in [-0.05, 0) is 52.3 Å². The molecule has 0 saturated carbocycles. The van der Waals surface area contributed by atoms with Crippen molar-refractivity contribution in [3.05, 3.63) is 20.8 Å². The zero-order chi connectivity index (χ0) is 9.97. The van der Waals surface area contributed by atoms with Crippen molar-refractivity contribution in [3.8, 4) is 0 Å². The van der Waals surface area contributed by atoms with Crippen LogP contribution < -0.4 is 0 Å². The Hall–Kier alpha value is 0.100. The van der Waals surface area contributed by atoms with E-state index in [1.165, 1.54) is 9.35 Å². The average molecular weight is 276 g/mol. The Kier molecular flexibility index (Phi) is 3.60. The topological polar surface area (TPSA) is 23.5 Å². The molecule has 1 fully saturated rings. The third kappa shape index (κ3) is 2.79. The van der Waals surface area contributed by atoms with Crippen LogP contribution in [0.5, 0.6) is 0 Å². The molecule has 0 aromatic carbocycles. The lowest BCUT2D eigenvalue weighted by Gasteiger charge is -2.29. The lowest BCUT2D eigenvalue weighted by atomic mass is 10.1. The molecule has 1 saturated heterocycles. The quantitative estimate of drug-likeness (QED) is 0.897. The minimum Gasteiger partial charge on any atom is -0.392 e. The number of thiophene rings is 1. The van der Waals surface area contributed by atoms with Crippen LogP contribution in [0, 0.1) is 0 Å². The van der Waals surface area contributed by atoms with Gasteiger partial charge in [0, 0.05) is 13.1 Å². The van der Waals surface area contributed by atoms with Gasteiger partial charge in [0.25, 0.3) is 0 Å². The van der Waals surface area contributed by atoms with Gasteiger partial charge in [-0.1, -0.05) is 0 Å². The molecule has 0 bridgehead atoms. The molecule has 1 aromatic rings. The van der Waals surface area contributed by atoms with Gasteiger partial charge in [-0.25, -0.2) is 0 Å². The largest absolute Gasteiger partial charge is 0.392 e. The predicted octanol–water partition coefficient (Wildman–Crippen LogP) is 2.47. The van der Waals surface area contributed by atoms with Crippen LogP contribution in [0.3, 0.4) is 0 Å². The normalized spacial score (nSPS) is 24.0. The third-order valence-corrected chi connectivity index (χ3v) is 4.06. The number of halogens is 1. The first-order valence-electron chi connectivity index (χ1n) is 4.87. The van der Waals surface area contributed by atoms with Crippen molar-refractivity contribution in [2.75, 3.05) is 13.1 Å². The Bertz CT molecular complexity index is 302. The Morgan fingerprint density at radius 2 is 2.50 bits per heavy atom. The number of likely N-dealkylation sites (tertiary alicyclic amines) is 1. The average Bonchev–Trinajstić information content (AvgIpc) is 2.51. The number of hydrogen-bond donors (Lipinski definition) is 1. The van der Waals surface area contributed by atoms with Crippen LogP contribution in [0.25, 0.3) is 0 Å². The second-order valence-electron chi connectivity index (χ2n) is 3.79. The molecule has 4 heteroatoms. The minimum absolute atomic E-state index is 0.120. The van der Waals surface area contributed by atoms with Crippen molar-refractivity contribution in [2.24, 2.45) is 0 Å². The van der Waals surface area contributed by atoms with Crippen molar-refractivity contribution in [2.45, 2.75) is 25.5 Å². The molecular weight excluding hydrogens is 262 g/mol. The number of hydrogen-bond acceptors (Lipinski definition) is 3. The molecule has 1 aromatic heterocycles. The molecule has 1 aliphatic rings. The first-order valence-corrected chi connectivity index (χ1v) is 6.54. The summed E-state index contributed by atoms with van der Waals surface area (Å²) in [6, 6.07) is 2.16. The van der Waals surface area contributed by atoms with Crippen LogP contribution in [0.1, 0.15) is 18.4 Å². The van der Waals surface area contributed by atoms with Crippen molar-refractivity contribution >= 4 is 27.3 Å².